The molecule has 1 aromatic heterocycles. The molecule has 0 saturated carbocycles. The first-order valence-electron chi connectivity index (χ1n) is 5.85. The minimum Gasteiger partial charge on any atom is -0.352 e. The predicted octanol–water partition coefficient (Wildman–Crippen LogP) is 4.44. The summed E-state index contributed by atoms with van der Waals surface area (Å²) in [6.07, 6.45) is 0.802. The summed E-state index contributed by atoms with van der Waals surface area (Å²) in [6.45, 7) is 2.60. The highest BCUT2D eigenvalue weighted by molar-refractivity contribution is 9.10. The Balaban J connectivity index is 1.89. The second-order valence-corrected chi connectivity index (χ2v) is 6.83. The molecule has 0 fully saturated rings. The summed E-state index contributed by atoms with van der Waals surface area (Å²) in [6, 6.07) is 9.46. The number of thiophene rings is 1. The third-order valence-corrected chi connectivity index (χ3v) is 4.87. The van der Waals surface area contributed by atoms with Gasteiger partial charge in [-0.3, -0.25) is 4.79 Å². The summed E-state index contributed by atoms with van der Waals surface area (Å²) in [5, 5.41) is 2.91. The zero-order valence-electron chi connectivity index (χ0n) is 10.4. The topological polar surface area (TPSA) is 29.1 Å². The fraction of sp³-hybridized carbons (Fsp3) is 0.214. The van der Waals surface area contributed by atoms with Crippen LogP contribution < -0.4 is 5.32 Å². The van der Waals surface area contributed by atoms with Crippen molar-refractivity contribution in [2.45, 2.75) is 13.3 Å². The Morgan fingerprint density at radius 2 is 2.16 bits per heavy atom. The molecule has 5 heteroatoms. The molecular formula is C14H13BrClNOS. The number of hydrogen-bond acceptors (Lipinski definition) is 2. The number of rotatable bonds is 4. The van der Waals surface area contributed by atoms with Crippen LogP contribution in [-0.2, 0) is 6.42 Å². The Bertz CT molecular complexity index is 597. The standard InChI is InChI=1S/C14H13BrClNOS/c1-9-2-3-10(8-12(9)15)14(18)17-7-6-11-4-5-13(16)19-11/h2-5,8H,6-7H2,1H3,(H,17,18). The number of amides is 1. The number of nitrogens with one attached hydrogen (secondary N) is 1. The molecular weight excluding hydrogens is 346 g/mol. The van der Waals surface area contributed by atoms with Gasteiger partial charge in [0.2, 0.25) is 0 Å². The molecule has 0 bridgehead atoms. The molecule has 0 aliphatic heterocycles. The van der Waals surface area contributed by atoms with Gasteiger partial charge in [-0.15, -0.1) is 11.3 Å². The van der Waals surface area contributed by atoms with Gasteiger partial charge in [-0.1, -0.05) is 33.6 Å². The summed E-state index contributed by atoms with van der Waals surface area (Å²) in [5.41, 5.74) is 1.78. The van der Waals surface area contributed by atoms with E-state index in [0.29, 0.717) is 12.1 Å². The Labute approximate surface area is 129 Å². The van der Waals surface area contributed by atoms with Crippen LogP contribution in [0.3, 0.4) is 0 Å². The molecule has 1 heterocycles. The fourth-order valence-electron chi connectivity index (χ4n) is 1.62. The van der Waals surface area contributed by atoms with Crippen molar-refractivity contribution in [3.63, 3.8) is 0 Å². The van der Waals surface area contributed by atoms with Crippen molar-refractivity contribution in [3.05, 3.63) is 55.1 Å². The SMILES string of the molecule is Cc1ccc(C(=O)NCCc2ccc(Cl)s2)cc1Br. The number of benzene rings is 1. The summed E-state index contributed by atoms with van der Waals surface area (Å²) in [7, 11) is 0. The number of halogens is 2. The molecule has 19 heavy (non-hydrogen) atoms. The molecule has 0 radical (unpaired) electrons. The maximum Gasteiger partial charge on any atom is 0.251 e. The molecule has 100 valence electrons. The molecule has 0 spiro atoms. The predicted molar refractivity (Wildman–Crippen MR) is 84.2 cm³/mol. The first kappa shape index (κ1) is 14.6. The molecule has 2 nitrogen and oxygen atoms in total. The maximum atomic E-state index is 11.9. The van der Waals surface area contributed by atoms with E-state index in [-0.39, 0.29) is 5.91 Å². The lowest BCUT2D eigenvalue weighted by Gasteiger charge is -2.06. The maximum absolute atomic E-state index is 11.9. The van der Waals surface area contributed by atoms with Gasteiger partial charge in [-0.25, -0.2) is 0 Å². The lowest BCUT2D eigenvalue weighted by Crippen LogP contribution is -2.25. The Morgan fingerprint density at radius 1 is 1.37 bits per heavy atom. The second-order valence-electron chi connectivity index (χ2n) is 4.18. The van der Waals surface area contributed by atoms with Crippen molar-refractivity contribution in [1.29, 1.82) is 0 Å². The monoisotopic (exact) mass is 357 g/mol. The first-order chi connectivity index (χ1) is 9.06. The third kappa shape index (κ3) is 4.06. The van der Waals surface area contributed by atoms with Crippen LogP contribution >= 0.6 is 38.9 Å². The van der Waals surface area contributed by atoms with E-state index in [4.69, 9.17) is 11.6 Å². The molecule has 1 N–H and O–H groups in total. The fourth-order valence-corrected chi connectivity index (χ4v) is 3.09. The Morgan fingerprint density at radius 3 is 2.79 bits per heavy atom. The van der Waals surface area contributed by atoms with Crippen LogP contribution in [0.4, 0.5) is 0 Å². The number of carbonyl (C=O) groups is 1. The Hall–Kier alpha value is -0.840. The third-order valence-electron chi connectivity index (χ3n) is 2.72. The molecule has 0 aliphatic rings. The largest absolute Gasteiger partial charge is 0.352 e. The highest BCUT2D eigenvalue weighted by Gasteiger charge is 2.07. The van der Waals surface area contributed by atoms with Gasteiger partial charge >= 0.3 is 0 Å². The van der Waals surface area contributed by atoms with Gasteiger partial charge < -0.3 is 5.32 Å². The van der Waals surface area contributed by atoms with Gasteiger partial charge in [-0.05, 0) is 43.2 Å². The second kappa shape index (κ2) is 6.55. The van der Waals surface area contributed by atoms with Gasteiger partial charge in [0.05, 0.1) is 4.34 Å². The van der Waals surface area contributed by atoms with E-state index in [1.807, 2.05) is 37.3 Å². The lowest BCUT2D eigenvalue weighted by molar-refractivity contribution is 0.0954. The smallest absolute Gasteiger partial charge is 0.251 e. The molecule has 0 aliphatic carbocycles. The van der Waals surface area contributed by atoms with Crippen molar-refractivity contribution in [3.8, 4) is 0 Å². The van der Waals surface area contributed by atoms with Crippen LogP contribution in [0.2, 0.25) is 4.34 Å². The average molecular weight is 359 g/mol. The van der Waals surface area contributed by atoms with Gasteiger partial charge in [0.25, 0.3) is 5.91 Å². The highest BCUT2D eigenvalue weighted by Crippen LogP contribution is 2.21. The summed E-state index contributed by atoms with van der Waals surface area (Å²) in [4.78, 5) is 13.1. The number of hydrogen-bond donors (Lipinski definition) is 1. The van der Waals surface area contributed by atoms with Crippen LogP contribution in [0.1, 0.15) is 20.8 Å². The van der Waals surface area contributed by atoms with E-state index >= 15 is 0 Å². The highest BCUT2D eigenvalue weighted by atomic mass is 79.9. The van der Waals surface area contributed by atoms with Crippen LogP contribution in [0.15, 0.2) is 34.8 Å². The van der Waals surface area contributed by atoms with Gasteiger partial charge in [-0.2, -0.15) is 0 Å². The van der Waals surface area contributed by atoms with Crippen molar-refractivity contribution < 1.29 is 4.79 Å². The quantitative estimate of drug-likeness (QED) is 0.860. The summed E-state index contributed by atoms with van der Waals surface area (Å²) < 4.78 is 1.73. The zero-order valence-corrected chi connectivity index (χ0v) is 13.5. The van der Waals surface area contributed by atoms with Crippen LogP contribution in [0, 0.1) is 6.92 Å². The van der Waals surface area contributed by atoms with Gasteiger partial charge in [0.1, 0.15) is 0 Å². The van der Waals surface area contributed by atoms with Crippen molar-refractivity contribution >= 4 is 44.8 Å². The number of aryl methyl sites for hydroxylation is 1. The lowest BCUT2D eigenvalue weighted by atomic mass is 10.1. The van der Waals surface area contributed by atoms with Crippen molar-refractivity contribution in [1.82, 2.24) is 5.32 Å². The van der Waals surface area contributed by atoms with E-state index in [0.717, 1.165) is 20.8 Å². The molecule has 1 aromatic carbocycles. The summed E-state index contributed by atoms with van der Waals surface area (Å²) in [5.74, 6) is -0.0525. The molecule has 0 atom stereocenters. The zero-order chi connectivity index (χ0) is 13.8. The average Bonchev–Trinajstić information content (AvgIpc) is 2.78. The van der Waals surface area contributed by atoms with E-state index in [2.05, 4.69) is 21.2 Å². The van der Waals surface area contributed by atoms with Crippen LogP contribution in [0.5, 0.6) is 0 Å². The molecule has 2 aromatic rings. The van der Waals surface area contributed by atoms with Crippen LogP contribution in [-0.4, -0.2) is 12.5 Å². The minimum absolute atomic E-state index is 0.0525. The van der Waals surface area contributed by atoms with Crippen molar-refractivity contribution in [2.24, 2.45) is 0 Å². The van der Waals surface area contributed by atoms with Crippen molar-refractivity contribution in [2.75, 3.05) is 6.54 Å². The minimum atomic E-state index is -0.0525. The normalized spacial score (nSPS) is 10.5. The summed E-state index contributed by atoms with van der Waals surface area (Å²) >= 11 is 10.8. The van der Waals surface area contributed by atoms with E-state index in [1.165, 1.54) is 4.88 Å². The van der Waals surface area contributed by atoms with Gasteiger partial charge in [0, 0.05) is 21.5 Å². The first-order valence-corrected chi connectivity index (χ1v) is 7.83. The Kier molecular flexibility index (Phi) is 5.02. The molecule has 2 rings (SSSR count). The van der Waals surface area contributed by atoms with Crippen LogP contribution in [0.25, 0.3) is 0 Å². The molecule has 0 saturated heterocycles. The van der Waals surface area contributed by atoms with E-state index in [1.54, 1.807) is 11.3 Å². The molecule has 1 amide bonds. The van der Waals surface area contributed by atoms with E-state index < -0.39 is 0 Å². The van der Waals surface area contributed by atoms with E-state index in [9.17, 15) is 4.79 Å². The number of carbonyl (C=O) groups excluding carboxylic acids is 1. The molecule has 0 unspecified atom stereocenters. The van der Waals surface area contributed by atoms with Gasteiger partial charge in [0.15, 0.2) is 0 Å².